The highest BCUT2D eigenvalue weighted by Crippen LogP contribution is 2.53. The van der Waals surface area contributed by atoms with Crippen molar-refractivity contribution in [1.29, 1.82) is 0 Å². The van der Waals surface area contributed by atoms with Crippen LogP contribution in [0.25, 0.3) is 0 Å². The molecule has 0 bridgehead atoms. The first kappa shape index (κ1) is 18.8. The highest BCUT2D eigenvalue weighted by Gasteiger charge is 2.53. The Bertz CT molecular complexity index is 376. The summed E-state index contributed by atoms with van der Waals surface area (Å²) in [5.41, 5.74) is 2.03. The number of hydrogen-bond donors (Lipinski definition) is 0. The van der Waals surface area contributed by atoms with E-state index in [9.17, 15) is 4.79 Å². The number of unbranched alkanes of at least 4 members (excludes halogenated alkanes) is 3. The summed E-state index contributed by atoms with van der Waals surface area (Å²) >= 11 is 0. The minimum absolute atomic E-state index is 0.0917. The summed E-state index contributed by atoms with van der Waals surface area (Å²) in [7, 11) is -2.02. The van der Waals surface area contributed by atoms with E-state index >= 15 is 0 Å². The van der Waals surface area contributed by atoms with Gasteiger partial charge in [0.1, 0.15) is 0 Å². The summed E-state index contributed by atoms with van der Waals surface area (Å²) in [5, 5.41) is 0. The molecule has 0 unspecified atom stereocenters. The number of carbonyl (C=O) groups is 1. The van der Waals surface area contributed by atoms with Crippen LogP contribution in [-0.4, -0.2) is 14.3 Å². The highest BCUT2D eigenvalue weighted by atomic mass is 28.4. The SMILES string of the molecule is C=C(C)C(=O)O[Si](CCCCCC)(C1CCCC1)C1CCCC1. The topological polar surface area (TPSA) is 26.3 Å². The second-order valence-corrected chi connectivity index (χ2v) is 12.1. The first-order chi connectivity index (χ1) is 11.1. The van der Waals surface area contributed by atoms with Crippen LogP contribution in [0.15, 0.2) is 12.2 Å². The van der Waals surface area contributed by atoms with E-state index in [2.05, 4.69) is 13.5 Å². The molecular formula is C20H36O2Si. The molecule has 0 aromatic heterocycles. The van der Waals surface area contributed by atoms with E-state index in [1.807, 2.05) is 6.92 Å². The van der Waals surface area contributed by atoms with Crippen LogP contribution < -0.4 is 0 Å². The monoisotopic (exact) mass is 336 g/mol. The molecule has 0 aromatic rings. The zero-order valence-electron chi connectivity index (χ0n) is 15.4. The first-order valence-corrected chi connectivity index (χ1v) is 12.3. The summed E-state index contributed by atoms with van der Waals surface area (Å²) in [5.74, 6) is -0.0917. The quantitative estimate of drug-likeness (QED) is 0.272. The smallest absolute Gasteiger partial charge is 0.319 e. The molecule has 0 aliphatic heterocycles. The maximum Gasteiger partial charge on any atom is 0.319 e. The Balaban J connectivity index is 2.19. The van der Waals surface area contributed by atoms with Crippen molar-refractivity contribution in [1.82, 2.24) is 0 Å². The molecule has 0 amide bonds. The molecule has 23 heavy (non-hydrogen) atoms. The molecule has 2 nitrogen and oxygen atoms in total. The van der Waals surface area contributed by atoms with Crippen LogP contribution >= 0.6 is 0 Å². The second-order valence-electron chi connectivity index (χ2n) is 7.90. The lowest BCUT2D eigenvalue weighted by atomic mass is 10.2. The first-order valence-electron chi connectivity index (χ1n) is 9.99. The standard InChI is InChI=1S/C20H36O2Si/c1-4-5-6-11-16-23(18-12-7-8-13-18,19-14-9-10-15-19)22-20(21)17(2)3/h18-19H,2,4-16H2,1,3H3. The fraction of sp³-hybridized carbons (Fsp3) is 0.850. The Kier molecular flexibility index (Phi) is 7.38. The molecule has 2 saturated carbocycles. The van der Waals surface area contributed by atoms with Crippen molar-refractivity contribution >= 4 is 14.3 Å². The van der Waals surface area contributed by atoms with Gasteiger partial charge in [-0.05, 0) is 49.7 Å². The van der Waals surface area contributed by atoms with E-state index < -0.39 is 8.32 Å². The molecule has 0 saturated heterocycles. The molecular weight excluding hydrogens is 300 g/mol. The molecule has 2 fully saturated rings. The molecule has 3 heteroatoms. The average molecular weight is 337 g/mol. The Morgan fingerprint density at radius 3 is 1.96 bits per heavy atom. The molecule has 132 valence electrons. The number of carbonyl (C=O) groups excluding carboxylic acids is 1. The number of rotatable bonds is 9. The van der Waals surface area contributed by atoms with Crippen LogP contribution in [0.4, 0.5) is 0 Å². The molecule has 2 rings (SSSR count). The molecule has 0 heterocycles. The summed E-state index contributed by atoms with van der Waals surface area (Å²) in [4.78, 5) is 12.5. The van der Waals surface area contributed by atoms with Gasteiger partial charge in [-0.3, -0.25) is 0 Å². The normalized spacial score (nSPS) is 20.1. The van der Waals surface area contributed by atoms with Crippen LogP contribution in [0.1, 0.15) is 90.9 Å². The molecule has 0 atom stereocenters. The van der Waals surface area contributed by atoms with Gasteiger partial charge < -0.3 is 4.43 Å². The van der Waals surface area contributed by atoms with Crippen molar-refractivity contribution in [2.45, 2.75) is 108 Å². The van der Waals surface area contributed by atoms with Gasteiger partial charge in [-0.25, -0.2) is 4.79 Å². The van der Waals surface area contributed by atoms with Crippen molar-refractivity contribution in [2.24, 2.45) is 0 Å². The lowest BCUT2D eigenvalue weighted by molar-refractivity contribution is -0.131. The summed E-state index contributed by atoms with van der Waals surface area (Å²) < 4.78 is 6.45. The third kappa shape index (κ3) is 4.71. The van der Waals surface area contributed by atoms with E-state index in [1.165, 1.54) is 83.1 Å². The van der Waals surface area contributed by atoms with Gasteiger partial charge in [0.25, 0.3) is 8.32 Å². The van der Waals surface area contributed by atoms with Gasteiger partial charge in [0.05, 0.1) is 0 Å². The van der Waals surface area contributed by atoms with E-state index in [4.69, 9.17) is 4.43 Å². The maximum atomic E-state index is 12.5. The van der Waals surface area contributed by atoms with Crippen molar-refractivity contribution < 1.29 is 9.22 Å². The van der Waals surface area contributed by atoms with E-state index in [1.54, 1.807) is 0 Å². The van der Waals surface area contributed by atoms with Crippen molar-refractivity contribution in [3.05, 3.63) is 12.2 Å². The lowest BCUT2D eigenvalue weighted by Gasteiger charge is -2.41. The number of hydrogen-bond acceptors (Lipinski definition) is 2. The minimum Gasteiger partial charge on any atom is -0.515 e. The maximum absolute atomic E-state index is 12.5. The van der Waals surface area contributed by atoms with Gasteiger partial charge >= 0.3 is 5.97 Å². The van der Waals surface area contributed by atoms with Gasteiger partial charge in [-0.15, -0.1) is 0 Å². The Labute approximate surface area is 144 Å². The van der Waals surface area contributed by atoms with E-state index in [-0.39, 0.29) is 5.97 Å². The molecule has 0 aromatic carbocycles. The molecule has 0 radical (unpaired) electrons. The van der Waals surface area contributed by atoms with Gasteiger partial charge in [-0.2, -0.15) is 0 Å². The van der Waals surface area contributed by atoms with Crippen molar-refractivity contribution in [3.63, 3.8) is 0 Å². The van der Waals surface area contributed by atoms with Crippen molar-refractivity contribution in [2.75, 3.05) is 0 Å². The largest absolute Gasteiger partial charge is 0.515 e. The lowest BCUT2D eigenvalue weighted by Crippen LogP contribution is -2.48. The predicted octanol–water partition coefficient (Wildman–Crippen LogP) is 6.52. The van der Waals surface area contributed by atoms with Crippen LogP contribution in [0, 0.1) is 0 Å². The van der Waals surface area contributed by atoms with Crippen LogP contribution in [0.5, 0.6) is 0 Å². The molecule has 0 N–H and O–H groups in total. The Hall–Kier alpha value is -0.573. The van der Waals surface area contributed by atoms with Gasteiger partial charge in [0.15, 0.2) is 0 Å². The second kappa shape index (κ2) is 9.05. The predicted molar refractivity (Wildman–Crippen MR) is 100 cm³/mol. The van der Waals surface area contributed by atoms with Crippen LogP contribution in [0.2, 0.25) is 17.1 Å². The third-order valence-electron chi connectivity index (χ3n) is 6.14. The van der Waals surface area contributed by atoms with Crippen molar-refractivity contribution in [3.8, 4) is 0 Å². The van der Waals surface area contributed by atoms with Gasteiger partial charge in [0, 0.05) is 5.57 Å². The zero-order valence-corrected chi connectivity index (χ0v) is 16.4. The van der Waals surface area contributed by atoms with Gasteiger partial charge in [0.2, 0.25) is 0 Å². The van der Waals surface area contributed by atoms with E-state index in [0.29, 0.717) is 5.57 Å². The third-order valence-corrected chi connectivity index (χ3v) is 11.8. The van der Waals surface area contributed by atoms with Crippen LogP contribution in [0.3, 0.4) is 0 Å². The summed E-state index contributed by atoms with van der Waals surface area (Å²) in [6.45, 7) is 7.92. The van der Waals surface area contributed by atoms with Gasteiger partial charge in [-0.1, -0.05) is 64.9 Å². The Morgan fingerprint density at radius 1 is 1.00 bits per heavy atom. The molecule has 0 spiro atoms. The molecule has 2 aliphatic rings. The molecule has 2 aliphatic carbocycles. The fourth-order valence-corrected chi connectivity index (χ4v) is 10.9. The summed E-state index contributed by atoms with van der Waals surface area (Å²) in [6.07, 6.45) is 15.7. The highest BCUT2D eigenvalue weighted by molar-refractivity contribution is 6.78. The average Bonchev–Trinajstić information content (AvgIpc) is 3.23. The van der Waals surface area contributed by atoms with E-state index in [0.717, 1.165) is 11.1 Å². The minimum atomic E-state index is -2.02. The Morgan fingerprint density at radius 2 is 1.52 bits per heavy atom. The zero-order chi connectivity index (χ0) is 16.7. The van der Waals surface area contributed by atoms with Crippen LogP contribution in [-0.2, 0) is 9.22 Å². The fourth-order valence-electron chi connectivity index (χ4n) is 4.88. The summed E-state index contributed by atoms with van der Waals surface area (Å²) in [6, 6.07) is 1.21.